The number of nitrogens with zero attached hydrogens (tertiary/aromatic N) is 1. The summed E-state index contributed by atoms with van der Waals surface area (Å²) in [6.07, 6.45) is -0.549. The lowest BCUT2D eigenvalue weighted by Gasteiger charge is -2.37. The van der Waals surface area contributed by atoms with Crippen molar-refractivity contribution in [3.05, 3.63) is 94.5 Å². The second-order valence-corrected chi connectivity index (χ2v) is 7.39. The van der Waals surface area contributed by atoms with Crippen LogP contribution < -0.4 is 15.5 Å². The maximum absolute atomic E-state index is 13.1. The van der Waals surface area contributed by atoms with Crippen LogP contribution in [0.2, 0.25) is 5.02 Å². The lowest BCUT2D eigenvalue weighted by Crippen LogP contribution is -2.53. The molecule has 2 amide bonds. The van der Waals surface area contributed by atoms with Gasteiger partial charge in [-0.1, -0.05) is 53.6 Å². The summed E-state index contributed by atoms with van der Waals surface area (Å²) >= 11 is 5.86. The first-order valence-corrected chi connectivity index (χ1v) is 9.82. The average molecular weight is 422 g/mol. The van der Waals surface area contributed by atoms with Crippen molar-refractivity contribution in [2.75, 3.05) is 11.9 Å². The van der Waals surface area contributed by atoms with E-state index in [1.165, 1.54) is 5.01 Å². The predicted molar refractivity (Wildman–Crippen MR) is 115 cm³/mol. The maximum atomic E-state index is 13.1. The highest BCUT2D eigenvalue weighted by Crippen LogP contribution is 2.31. The average Bonchev–Trinajstić information content (AvgIpc) is 2.76. The van der Waals surface area contributed by atoms with Crippen molar-refractivity contribution in [1.82, 2.24) is 10.4 Å². The van der Waals surface area contributed by atoms with Gasteiger partial charge < -0.3 is 10.1 Å². The number of hydrogen-bond donors (Lipinski definition) is 2. The molecule has 0 radical (unpaired) electrons. The molecule has 1 aliphatic rings. The molecule has 0 fully saturated rings. The van der Waals surface area contributed by atoms with E-state index in [1.807, 2.05) is 43.3 Å². The third kappa shape index (κ3) is 4.23. The molecule has 0 spiro atoms. The number of hydrogen-bond acceptors (Lipinski definition) is 4. The molecule has 1 atom stereocenters. The van der Waals surface area contributed by atoms with Crippen molar-refractivity contribution in [3.63, 3.8) is 0 Å². The van der Waals surface area contributed by atoms with E-state index in [0.717, 1.165) is 16.8 Å². The Morgan fingerprint density at radius 1 is 1.07 bits per heavy atom. The fraction of sp³-hybridized carbons (Fsp3) is 0.130. The van der Waals surface area contributed by atoms with E-state index in [1.54, 1.807) is 36.4 Å². The number of amides is 2. The molecule has 1 unspecified atom stereocenters. The summed E-state index contributed by atoms with van der Waals surface area (Å²) in [5.74, 6) is -0.232. The van der Waals surface area contributed by atoms with Crippen molar-refractivity contribution in [2.24, 2.45) is 0 Å². The first-order chi connectivity index (χ1) is 14.5. The lowest BCUT2D eigenvalue weighted by molar-refractivity contribution is -0.127. The van der Waals surface area contributed by atoms with Crippen LogP contribution in [0, 0.1) is 6.92 Å². The normalized spacial score (nSPS) is 15.2. The van der Waals surface area contributed by atoms with Crippen LogP contribution in [0.3, 0.4) is 0 Å². The third-order valence-corrected chi connectivity index (χ3v) is 5.00. The summed E-state index contributed by atoms with van der Waals surface area (Å²) in [7, 11) is 0. The molecule has 6 nitrogen and oxygen atoms in total. The minimum absolute atomic E-state index is 0.242. The molecule has 0 saturated heterocycles. The fourth-order valence-electron chi connectivity index (χ4n) is 3.20. The molecule has 1 aliphatic heterocycles. The molecule has 0 aliphatic carbocycles. The van der Waals surface area contributed by atoms with Gasteiger partial charge in [0.1, 0.15) is 11.9 Å². The van der Waals surface area contributed by atoms with Gasteiger partial charge in [-0.05, 0) is 48.9 Å². The molecule has 2 N–H and O–H groups in total. The largest absolute Gasteiger partial charge is 0.484 e. The van der Waals surface area contributed by atoms with Crippen LogP contribution in [-0.2, 0) is 4.79 Å². The number of benzene rings is 3. The summed E-state index contributed by atoms with van der Waals surface area (Å²) in [6, 6.07) is 21.7. The Morgan fingerprint density at radius 3 is 2.50 bits per heavy atom. The van der Waals surface area contributed by atoms with Gasteiger partial charge in [0.25, 0.3) is 11.8 Å². The summed E-state index contributed by atoms with van der Waals surface area (Å²) < 4.78 is 5.50. The van der Waals surface area contributed by atoms with Crippen molar-refractivity contribution in [1.29, 1.82) is 0 Å². The van der Waals surface area contributed by atoms with E-state index in [4.69, 9.17) is 16.3 Å². The Bertz CT molecular complexity index is 1070. The second kappa shape index (κ2) is 8.47. The monoisotopic (exact) mass is 421 g/mol. The highest BCUT2D eigenvalue weighted by Gasteiger charge is 2.34. The Hall–Kier alpha value is -3.51. The molecule has 0 saturated carbocycles. The Labute approximate surface area is 179 Å². The molecule has 152 valence electrons. The number of anilines is 1. The van der Waals surface area contributed by atoms with E-state index in [0.29, 0.717) is 16.3 Å². The van der Waals surface area contributed by atoms with Crippen LogP contribution in [0.4, 0.5) is 5.69 Å². The zero-order valence-electron chi connectivity index (χ0n) is 16.3. The molecule has 0 aromatic heterocycles. The minimum Gasteiger partial charge on any atom is -0.484 e. The number of carbonyl (C=O) groups is 2. The molecule has 7 heteroatoms. The molecule has 4 rings (SSSR count). The van der Waals surface area contributed by atoms with E-state index >= 15 is 0 Å². The van der Waals surface area contributed by atoms with Crippen molar-refractivity contribution < 1.29 is 14.3 Å². The number of fused-ring (bicyclic) bond motifs is 1. The lowest BCUT2D eigenvalue weighted by atomic mass is 10.0. The van der Waals surface area contributed by atoms with Gasteiger partial charge in [-0.2, -0.15) is 0 Å². The Kier molecular flexibility index (Phi) is 5.59. The highest BCUT2D eigenvalue weighted by molar-refractivity contribution is 6.30. The molecule has 3 aromatic rings. The van der Waals surface area contributed by atoms with Crippen LogP contribution in [0.1, 0.15) is 27.7 Å². The van der Waals surface area contributed by atoms with Crippen LogP contribution in [0.5, 0.6) is 5.75 Å². The third-order valence-electron chi connectivity index (χ3n) is 4.75. The topological polar surface area (TPSA) is 70.7 Å². The molecule has 1 heterocycles. The summed E-state index contributed by atoms with van der Waals surface area (Å²) in [4.78, 5) is 25.7. The van der Waals surface area contributed by atoms with Crippen molar-refractivity contribution in [2.45, 2.75) is 13.1 Å². The van der Waals surface area contributed by atoms with Gasteiger partial charge in [-0.15, -0.1) is 0 Å². The number of aryl methyl sites for hydroxylation is 1. The summed E-state index contributed by atoms with van der Waals surface area (Å²) in [5, 5.41) is 5.22. The van der Waals surface area contributed by atoms with Crippen molar-refractivity contribution >= 4 is 29.1 Å². The standard InChI is InChI=1S/C23H20ClN3O3/c1-15-6-8-16(9-7-15)22-25-20-5-3-2-4-19(20)23(29)27(22)26-21(28)14-30-18-12-10-17(24)11-13-18/h2-13,22,25H,14H2,1H3,(H,26,28). The van der Waals surface area contributed by atoms with Gasteiger partial charge in [-0.25, -0.2) is 5.01 Å². The molecule has 0 bridgehead atoms. The summed E-state index contributed by atoms with van der Waals surface area (Å²) in [5.41, 5.74) is 5.84. The number of nitrogens with one attached hydrogen (secondary N) is 2. The molecular formula is C23H20ClN3O3. The van der Waals surface area contributed by atoms with Gasteiger partial charge in [-0.3, -0.25) is 15.0 Å². The second-order valence-electron chi connectivity index (χ2n) is 6.96. The van der Waals surface area contributed by atoms with Gasteiger partial charge in [0.2, 0.25) is 0 Å². The zero-order chi connectivity index (χ0) is 21.1. The van der Waals surface area contributed by atoms with Crippen molar-refractivity contribution in [3.8, 4) is 5.75 Å². The van der Waals surface area contributed by atoms with E-state index < -0.39 is 12.1 Å². The van der Waals surface area contributed by atoms with E-state index in [2.05, 4.69) is 10.7 Å². The smallest absolute Gasteiger partial charge is 0.276 e. The van der Waals surface area contributed by atoms with E-state index in [9.17, 15) is 9.59 Å². The number of rotatable bonds is 5. The fourth-order valence-corrected chi connectivity index (χ4v) is 3.32. The first kappa shape index (κ1) is 19.8. The predicted octanol–water partition coefficient (Wildman–Crippen LogP) is 4.33. The van der Waals surface area contributed by atoms with Gasteiger partial charge in [0.15, 0.2) is 6.61 Å². The highest BCUT2D eigenvalue weighted by atomic mass is 35.5. The molecular weight excluding hydrogens is 402 g/mol. The number of hydrazine groups is 1. The molecule has 30 heavy (non-hydrogen) atoms. The van der Waals surface area contributed by atoms with Gasteiger partial charge >= 0.3 is 0 Å². The number of halogens is 1. The number of carbonyl (C=O) groups excluding carboxylic acids is 2. The van der Waals surface area contributed by atoms with Gasteiger partial charge in [0.05, 0.1) is 5.56 Å². The number of para-hydroxylation sites is 1. The maximum Gasteiger partial charge on any atom is 0.276 e. The zero-order valence-corrected chi connectivity index (χ0v) is 17.0. The first-order valence-electron chi connectivity index (χ1n) is 9.45. The Morgan fingerprint density at radius 2 is 1.77 bits per heavy atom. The van der Waals surface area contributed by atoms with Crippen LogP contribution >= 0.6 is 11.6 Å². The summed E-state index contributed by atoms with van der Waals surface area (Å²) in [6.45, 7) is 1.75. The van der Waals surface area contributed by atoms with E-state index in [-0.39, 0.29) is 12.5 Å². The minimum atomic E-state index is -0.549. The van der Waals surface area contributed by atoms with Crippen LogP contribution in [0.15, 0.2) is 72.8 Å². The number of ether oxygens (including phenoxy) is 1. The molecule has 3 aromatic carbocycles. The van der Waals surface area contributed by atoms with Gasteiger partial charge in [0, 0.05) is 10.7 Å². The van der Waals surface area contributed by atoms with Crippen LogP contribution in [0.25, 0.3) is 0 Å². The SMILES string of the molecule is Cc1ccc(C2Nc3ccccc3C(=O)N2NC(=O)COc2ccc(Cl)cc2)cc1. The Balaban J connectivity index is 1.54. The quantitative estimate of drug-likeness (QED) is 0.643. The van der Waals surface area contributed by atoms with Crippen LogP contribution in [-0.4, -0.2) is 23.4 Å².